The molecule has 2 aromatic rings. The summed E-state index contributed by atoms with van der Waals surface area (Å²) in [7, 11) is -3.61. The molecule has 32 heavy (non-hydrogen) atoms. The van der Waals surface area contributed by atoms with Crippen LogP contribution in [0.25, 0.3) is 12.2 Å². The maximum atomic E-state index is 13.2. The second-order valence-electron chi connectivity index (χ2n) is 7.26. The molecule has 0 spiro atoms. The van der Waals surface area contributed by atoms with Crippen molar-refractivity contribution in [3.05, 3.63) is 81.9 Å². The first-order valence-corrected chi connectivity index (χ1v) is 12.0. The Hall–Kier alpha value is -3.23. The molecular weight excluding hydrogens is 446 g/mol. The van der Waals surface area contributed by atoms with Crippen molar-refractivity contribution in [1.82, 2.24) is 4.31 Å². The second-order valence-corrected chi connectivity index (χ2v) is 9.73. The first-order valence-electron chi connectivity index (χ1n) is 9.86. The van der Waals surface area contributed by atoms with E-state index in [-0.39, 0.29) is 30.5 Å². The molecule has 0 saturated carbocycles. The zero-order chi connectivity index (χ0) is 23.1. The molecular formula is C24H20ClN3O3S. The summed E-state index contributed by atoms with van der Waals surface area (Å²) in [5, 5.41) is 17.9. The predicted molar refractivity (Wildman–Crippen MR) is 124 cm³/mol. The van der Waals surface area contributed by atoms with Gasteiger partial charge in [-0.1, -0.05) is 24.3 Å². The number of carbonyl (C=O) groups is 1. The van der Waals surface area contributed by atoms with Gasteiger partial charge in [0.1, 0.15) is 0 Å². The van der Waals surface area contributed by atoms with E-state index in [1.807, 2.05) is 12.1 Å². The highest BCUT2D eigenvalue weighted by atomic mass is 35.5. The normalized spacial score (nSPS) is 17.3. The summed E-state index contributed by atoms with van der Waals surface area (Å²) in [5.74, 6) is -0.102. The van der Waals surface area contributed by atoms with Gasteiger partial charge in [0, 0.05) is 30.1 Å². The summed E-state index contributed by atoms with van der Waals surface area (Å²) >= 11 is 5.69. The molecule has 1 saturated heterocycles. The number of halogens is 1. The van der Waals surface area contributed by atoms with Crippen molar-refractivity contribution < 1.29 is 13.2 Å². The molecule has 0 radical (unpaired) electrons. The summed E-state index contributed by atoms with van der Waals surface area (Å²) in [6.45, 7) is -0.0671. The average Bonchev–Trinajstić information content (AvgIpc) is 2.81. The first-order chi connectivity index (χ1) is 15.4. The number of nitriles is 2. The maximum Gasteiger partial charge on any atom is 0.214 e. The van der Waals surface area contributed by atoms with Gasteiger partial charge in [-0.05, 0) is 54.0 Å². The van der Waals surface area contributed by atoms with Crippen LogP contribution in [0.3, 0.4) is 0 Å². The van der Waals surface area contributed by atoms with Gasteiger partial charge in [0.15, 0.2) is 5.78 Å². The van der Waals surface area contributed by atoms with Gasteiger partial charge in [-0.15, -0.1) is 11.6 Å². The van der Waals surface area contributed by atoms with Gasteiger partial charge in [0.2, 0.25) is 10.0 Å². The third-order valence-corrected chi connectivity index (χ3v) is 7.08. The van der Waals surface area contributed by atoms with Crippen LogP contribution < -0.4 is 0 Å². The lowest BCUT2D eigenvalue weighted by Crippen LogP contribution is -2.42. The van der Waals surface area contributed by atoms with Gasteiger partial charge in [0.05, 0.1) is 29.0 Å². The van der Waals surface area contributed by atoms with Gasteiger partial charge >= 0.3 is 0 Å². The Bertz CT molecular complexity index is 1170. The molecule has 3 rings (SSSR count). The number of ketones is 1. The van der Waals surface area contributed by atoms with E-state index in [4.69, 9.17) is 22.1 Å². The average molecular weight is 466 g/mol. The Morgan fingerprint density at radius 2 is 1.31 bits per heavy atom. The van der Waals surface area contributed by atoms with E-state index < -0.39 is 10.0 Å². The van der Waals surface area contributed by atoms with E-state index in [0.29, 0.717) is 39.8 Å². The Morgan fingerprint density at radius 3 is 1.69 bits per heavy atom. The molecule has 162 valence electrons. The van der Waals surface area contributed by atoms with Crippen molar-refractivity contribution in [2.45, 2.75) is 6.42 Å². The zero-order valence-electron chi connectivity index (χ0n) is 17.2. The summed E-state index contributed by atoms with van der Waals surface area (Å²) in [4.78, 5) is 13.2. The summed E-state index contributed by atoms with van der Waals surface area (Å²) in [5.41, 5.74) is 3.07. The van der Waals surface area contributed by atoms with Gasteiger partial charge in [-0.25, -0.2) is 8.42 Å². The van der Waals surface area contributed by atoms with Gasteiger partial charge in [0.25, 0.3) is 0 Å². The minimum Gasteiger partial charge on any atom is -0.289 e. The number of piperidine rings is 1. The standard InChI is InChI=1S/C24H20ClN3O3S/c25-10-1-11-32(30,31)28-16-22(12-18-2-6-20(14-26)7-3-18)24(29)23(17-28)13-19-4-8-21(15-27)9-5-19/h2-9,12-13H,1,10-11,16-17H2/b22-12+,23-13+. The summed E-state index contributed by atoms with van der Waals surface area (Å²) < 4.78 is 27.0. The molecule has 2 aromatic carbocycles. The van der Waals surface area contributed by atoms with E-state index >= 15 is 0 Å². The van der Waals surface area contributed by atoms with Crippen molar-refractivity contribution in [1.29, 1.82) is 10.5 Å². The molecule has 0 N–H and O–H groups in total. The Balaban J connectivity index is 2.00. The fourth-order valence-corrected chi connectivity index (χ4v) is 5.01. The molecule has 1 aliphatic rings. The van der Waals surface area contributed by atoms with E-state index in [1.54, 1.807) is 60.7 Å². The molecule has 0 amide bonds. The number of benzene rings is 2. The number of hydrogen-bond acceptors (Lipinski definition) is 5. The lowest BCUT2D eigenvalue weighted by Gasteiger charge is -2.29. The minimum absolute atomic E-state index is 0.0336. The number of carbonyl (C=O) groups excluding carboxylic acids is 1. The van der Waals surface area contributed by atoms with E-state index in [9.17, 15) is 13.2 Å². The number of rotatable bonds is 6. The van der Waals surface area contributed by atoms with Gasteiger partial charge < -0.3 is 0 Å². The van der Waals surface area contributed by atoms with E-state index in [2.05, 4.69) is 0 Å². The Kier molecular flexibility index (Phi) is 7.61. The number of sulfonamides is 1. The molecule has 0 bridgehead atoms. The van der Waals surface area contributed by atoms with Crippen molar-refractivity contribution in [3.63, 3.8) is 0 Å². The quantitative estimate of drug-likeness (QED) is 0.477. The van der Waals surface area contributed by atoms with Gasteiger partial charge in [-0.3, -0.25) is 4.79 Å². The Morgan fingerprint density at radius 1 is 0.875 bits per heavy atom. The highest BCUT2D eigenvalue weighted by Gasteiger charge is 2.32. The highest BCUT2D eigenvalue weighted by molar-refractivity contribution is 7.89. The van der Waals surface area contributed by atoms with Crippen LogP contribution in [0.2, 0.25) is 0 Å². The van der Waals surface area contributed by atoms with Crippen LogP contribution in [0, 0.1) is 22.7 Å². The van der Waals surface area contributed by atoms with Crippen molar-refractivity contribution >= 4 is 39.6 Å². The molecule has 6 nitrogen and oxygen atoms in total. The molecule has 0 aromatic heterocycles. The van der Waals surface area contributed by atoms with Crippen LogP contribution in [0.4, 0.5) is 0 Å². The molecule has 1 heterocycles. The van der Waals surface area contributed by atoms with E-state index in [0.717, 1.165) is 0 Å². The third-order valence-electron chi connectivity index (χ3n) is 4.97. The summed E-state index contributed by atoms with van der Waals surface area (Å²) in [6, 6.07) is 17.5. The third kappa shape index (κ3) is 5.72. The lowest BCUT2D eigenvalue weighted by molar-refractivity contribution is -0.113. The molecule has 0 unspecified atom stereocenters. The van der Waals surface area contributed by atoms with Crippen LogP contribution in [0.15, 0.2) is 59.7 Å². The second kappa shape index (κ2) is 10.4. The molecule has 0 atom stereocenters. The topological polar surface area (TPSA) is 102 Å². The smallest absolute Gasteiger partial charge is 0.214 e. The van der Waals surface area contributed by atoms with Crippen molar-refractivity contribution in [2.75, 3.05) is 24.7 Å². The SMILES string of the molecule is N#Cc1ccc(/C=C2\CN(S(=O)(=O)CCCCl)C/C(=C\c3ccc(C#N)cc3)C2=O)cc1. The minimum atomic E-state index is -3.61. The molecule has 1 aliphatic heterocycles. The zero-order valence-corrected chi connectivity index (χ0v) is 18.7. The largest absolute Gasteiger partial charge is 0.289 e. The first kappa shape index (κ1) is 23.4. The number of Topliss-reactive ketones (excluding diaryl/α,β-unsaturated/α-hetero) is 1. The van der Waals surface area contributed by atoms with Crippen LogP contribution in [-0.2, 0) is 14.8 Å². The van der Waals surface area contributed by atoms with Crippen LogP contribution in [-0.4, -0.2) is 43.2 Å². The van der Waals surface area contributed by atoms with Crippen molar-refractivity contribution in [2.24, 2.45) is 0 Å². The molecule has 0 aliphatic carbocycles. The summed E-state index contributed by atoms with van der Waals surface area (Å²) in [6.07, 6.45) is 3.62. The number of hydrogen-bond donors (Lipinski definition) is 0. The van der Waals surface area contributed by atoms with E-state index in [1.165, 1.54) is 4.31 Å². The molecule has 8 heteroatoms. The highest BCUT2D eigenvalue weighted by Crippen LogP contribution is 2.25. The van der Waals surface area contributed by atoms with Crippen molar-refractivity contribution in [3.8, 4) is 12.1 Å². The number of nitrogens with zero attached hydrogens (tertiary/aromatic N) is 3. The van der Waals surface area contributed by atoms with Crippen LogP contribution >= 0.6 is 11.6 Å². The Labute approximate surface area is 192 Å². The van der Waals surface area contributed by atoms with Crippen LogP contribution in [0.1, 0.15) is 28.7 Å². The fraction of sp³-hybridized carbons (Fsp3) is 0.208. The van der Waals surface area contributed by atoms with Crippen LogP contribution in [0.5, 0.6) is 0 Å². The predicted octanol–water partition coefficient (Wildman–Crippen LogP) is 3.74. The van der Waals surface area contributed by atoms with Gasteiger partial charge in [-0.2, -0.15) is 14.8 Å². The monoisotopic (exact) mass is 465 g/mol. The maximum absolute atomic E-state index is 13.2. The molecule has 1 fully saturated rings. The number of alkyl halides is 1. The fourth-order valence-electron chi connectivity index (χ4n) is 3.28. The lowest BCUT2D eigenvalue weighted by atomic mass is 9.95.